The minimum absolute atomic E-state index is 0.126. The highest BCUT2D eigenvalue weighted by atomic mass is 32.1. The maximum Gasteiger partial charge on any atom is 0.261 e. The predicted molar refractivity (Wildman–Crippen MR) is 70.7 cm³/mol. The van der Waals surface area contributed by atoms with Crippen LogP contribution in [0.4, 0.5) is 0 Å². The number of amides is 1. The first kappa shape index (κ1) is 12.3. The average molecular weight is 267 g/mol. The molecule has 90 valence electrons. The van der Waals surface area contributed by atoms with E-state index in [1.54, 1.807) is 0 Å². The molecule has 2 N–H and O–H groups in total. The third-order valence-corrected chi connectivity index (χ3v) is 4.30. The van der Waals surface area contributed by atoms with Crippen molar-refractivity contribution in [2.24, 2.45) is 0 Å². The molecule has 1 atom stereocenters. The van der Waals surface area contributed by atoms with Gasteiger partial charge in [0.25, 0.3) is 5.91 Å². The fourth-order valence-electron chi connectivity index (χ4n) is 1.41. The molecule has 0 aliphatic carbocycles. The van der Waals surface area contributed by atoms with Crippen molar-refractivity contribution >= 4 is 28.6 Å². The van der Waals surface area contributed by atoms with E-state index in [9.17, 15) is 9.90 Å². The van der Waals surface area contributed by atoms with Crippen LogP contribution in [0.1, 0.15) is 26.2 Å². The quantitative estimate of drug-likeness (QED) is 0.894. The molecule has 2 aromatic rings. The zero-order valence-electron chi connectivity index (χ0n) is 9.34. The first-order chi connectivity index (χ1) is 8.16. The van der Waals surface area contributed by atoms with Crippen LogP contribution in [0.2, 0.25) is 0 Å². The highest BCUT2D eigenvalue weighted by Crippen LogP contribution is 2.18. The van der Waals surface area contributed by atoms with Crippen molar-refractivity contribution < 1.29 is 9.90 Å². The molecule has 0 saturated carbocycles. The third kappa shape index (κ3) is 3.15. The van der Waals surface area contributed by atoms with Gasteiger partial charge in [0, 0.05) is 11.4 Å². The van der Waals surface area contributed by atoms with Crippen LogP contribution in [0, 0.1) is 6.92 Å². The molecule has 0 fully saturated rings. The van der Waals surface area contributed by atoms with Crippen LogP contribution in [0.5, 0.6) is 0 Å². The zero-order chi connectivity index (χ0) is 12.3. The molecule has 5 heteroatoms. The molecule has 2 aromatic heterocycles. The van der Waals surface area contributed by atoms with Crippen molar-refractivity contribution in [1.82, 2.24) is 5.32 Å². The number of hydrogen-bond donors (Lipinski definition) is 2. The van der Waals surface area contributed by atoms with Gasteiger partial charge in [-0.3, -0.25) is 4.79 Å². The number of carbonyl (C=O) groups is 1. The number of nitrogens with one attached hydrogen (secondary N) is 1. The molecule has 0 aromatic carbocycles. The average Bonchev–Trinajstić information content (AvgIpc) is 2.95. The number of hydrogen-bond acceptors (Lipinski definition) is 4. The van der Waals surface area contributed by atoms with Crippen LogP contribution < -0.4 is 5.32 Å². The van der Waals surface area contributed by atoms with E-state index in [1.807, 2.05) is 35.9 Å². The molecule has 0 aliphatic rings. The van der Waals surface area contributed by atoms with E-state index in [2.05, 4.69) is 5.32 Å². The summed E-state index contributed by atoms with van der Waals surface area (Å²) < 4.78 is 0. The van der Waals surface area contributed by atoms with Gasteiger partial charge in [-0.05, 0) is 35.4 Å². The number of aliphatic hydroxyl groups excluding tert-OH is 1. The summed E-state index contributed by atoms with van der Waals surface area (Å²) in [4.78, 5) is 13.3. The Balaban J connectivity index is 1.88. The summed E-state index contributed by atoms with van der Waals surface area (Å²) in [6.07, 6.45) is -0.625. The van der Waals surface area contributed by atoms with Crippen LogP contribution in [-0.2, 0) is 0 Å². The Bertz CT molecular complexity index is 490. The zero-order valence-corrected chi connectivity index (χ0v) is 11.0. The molecule has 0 saturated heterocycles. The molecule has 0 bridgehead atoms. The van der Waals surface area contributed by atoms with E-state index in [4.69, 9.17) is 0 Å². The topological polar surface area (TPSA) is 49.3 Å². The van der Waals surface area contributed by atoms with E-state index in [0.717, 1.165) is 10.4 Å². The van der Waals surface area contributed by atoms with Gasteiger partial charge in [-0.2, -0.15) is 0 Å². The minimum atomic E-state index is -0.625. The largest absolute Gasteiger partial charge is 0.386 e. The highest BCUT2D eigenvalue weighted by Gasteiger charge is 2.12. The van der Waals surface area contributed by atoms with Crippen molar-refractivity contribution in [3.8, 4) is 0 Å². The Morgan fingerprint density at radius 3 is 2.94 bits per heavy atom. The summed E-state index contributed by atoms with van der Waals surface area (Å²) in [6, 6.07) is 5.59. The molecule has 3 nitrogen and oxygen atoms in total. The number of rotatable bonds is 4. The second-order valence-electron chi connectivity index (χ2n) is 3.73. The normalized spacial score (nSPS) is 12.4. The molecule has 2 heterocycles. The Labute approximate surface area is 108 Å². The molecule has 1 amide bonds. The maximum atomic E-state index is 11.7. The number of carbonyl (C=O) groups excluding carboxylic acids is 1. The monoisotopic (exact) mass is 267 g/mol. The Kier molecular flexibility index (Phi) is 3.93. The van der Waals surface area contributed by atoms with Gasteiger partial charge >= 0.3 is 0 Å². The summed E-state index contributed by atoms with van der Waals surface area (Å²) in [7, 11) is 0. The van der Waals surface area contributed by atoms with E-state index in [1.165, 1.54) is 22.7 Å². The Hall–Kier alpha value is -1.17. The molecular formula is C12H13NO2S2. The number of aryl methyl sites for hydroxylation is 1. The van der Waals surface area contributed by atoms with Crippen molar-refractivity contribution in [2.45, 2.75) is 13.0 Å². The van der Waals surface area contributed by atoms with Crippen LogP contribution in [0.3, 0.4) is 0 Å². The Morgan fingerprint density at radius 2 is 2.35 bits per heavy atom. The molecule has 1 unspecified atom stereocenters. The molecule has 0 radical (unpaired) electrons. The van der Waals surface area contributed by atoms with Crippen molar-refractivity contribution in [2.75, 3.05) is 6.54 Å². The number of aliphatic hydroxyl groups is 1. The van der Waals surface area contributed by atoms with Crippen LogP contribution >= 0.6 is 22.7 Å². The summed E-state index contributed by atoms with van der Waals surface area (Å²) in [5, 5.41) is 16.4. The first-order valence-electron chi connectivity index (χ1n) is 5.21. The van der Waals surface area contributed by atoms with Gasteiger partial charge in [-0.1, -0.05) is 6.07 Å². The molecular weight excluding hydrogens is 254 g/mol. The lowest BCUT2D eigenvalue weighted by molar-refractivity contribution is 0.0922. The van der Waals surface area contributed by atoms with Crippen molar-refractivity contribution in [1.29, 1.82) is 0 Å². The molecule has 17 heavy (non-hydrogen) atoms. The maximum absolute atomic E-state index is 11.7. The van der Waals surface area contributed by atoms with Crippen LogP contribution in [-0.4, -0.2) is 17.6 Å². The Morgan fingerprint density at radius 1 is 1.53 bits per heavy atom. The van der Waals surface area contributed by atoms with E-state index >= 15 is 0 Å². The lowest BCUT2D eigenvalue weighted by Crippen LogP contribution is -2.27. The van der Waals surface area contributed by atoms with Gasteiger partial charge in [0.15, 0.2) is 0 Å². The fourth-order valence-corrected chi connectivity index (χ4v) is 2.93. The lowest BCUT2D eigenvalue weighted by Gasteiger charge is -2.09. The second kappa shape index (κ2) is 5.44. The van der Waals surface area contributed by atoms with Gasteiger partial charge in [0.1, 0.15) is 6.10 Å². The standard InChI is InChI=1S/C12H13NO2S2/c1-8-5-11(17-7-8)12(15)13-6-9(14)10-3-2-4-16-10/h2-5,7,9,14H,6H2,1H3,(H,13,15). The van der Waals surface area contributed by atoms with Gasteiger partial charge in [-0.25, -0.2) is 0 Å². The van der Waals surface area contributed by atoms with E-state index < -0.39 is 6.10 Å². The lowest BCUT2D eigenvalue weighted by atomic mass is 10.3. The van der Waals surface area contributed by atoms with Gasteiger partial charge < -0.3 is 10.4 Å². The fraction of sp³-hybridized carbons (Fsp3) is 0.250. The summed E-state index contributed by atoms with van der Waals surface area (Å²) >= 11 is 2.90. The summed E-state index contributed by atoms with van der Waals surface area (Å²) in [6.45, 7) is 2.20. The van der Waals surface area contributed by atoms with Crippen molar-refractivity contribution in [3.63, 3.8) is 0 Å². The van der Waals surface area contributed by atoms with Crippen LogP contribution in [0.15, 0.2) is 29.0 Å². The van der Waals surface area contributed by atoms with Gasteiger partial charge in [-0.15, -0.1) is 22.7 Å². The summed E-state index contributed by atoms with van der Waals surface area (Å²) in [5.41, 5.74) is 1.08. The first-order valence-corrected chi connectivity index (χ1v) is 6.97. The van der Waals surface area contributed by atoms with Crippen molar-refractivity contribution in [3.05, 3.63) is 44.3 Å². The van der Waals surface area contributed by atoms with Gasteiger partial charge in [0.05, 0.1) is 4.88 Å². The molecule has 0 spiro atoms. The molecule has 0 aliphatic heterocycles. The smallest absolute Gasteiger partial charge is 0.261 e. The highest BCUT2D eigenvalue weighted by molar-refractivity contribution is 7.12. The second-order valence-corrected chi connectivity index (χ2v) is 5.62. The van der Waals surface area contributed by atoms with Crippen LogP contribution in [0.25, 0.3) is 0 Å². The third-order valence-electron chi connectivity index (χ3n) is 2.28. The number of thiophene rings is 2. The van der Waals surface area contributed by atoms with E-state index in [-0.39, 0.29) is 12.5 Å². The predicted octanol–water partition coefficient (Wildman–Crippen LogP) is 2.58. The summed E-state index contributed by atoms with van der Waals surface area (Å²) in [5.74, 6) is -0.126. The van der Waals surface area contributed by atoms with Gasteiger partial charge in [0.2, 0.25) is 0 Å². The minimum Gasteiger partial charge on any atom is -0.386 e. The van der Waals surface area contributed by atoms with E-state index in [0.29, 0.717) is 4.88 Å². The SMILES string of the molecule is Cc1csc(C(=O)NCC(O)c2cccs2)c1. The molecule has 2 rings (SSSR count).